The summed E-state index contributed by atoms with van der Waals surface area (Å²) in [4.78, 5) is 13.0. The smallest absolute Gasteiger partial charge is 0.408 e. The summed E-state index contributed by atoms with van der Waals surface area (Å²) in [6.07, 6.45) is -4.82. The molecule has 0 aromatic heterocycles. The average molecular weight is 334 g/mol. The Hall–Kier alpha value is -1.83. The fourth-order valence-electron chi connectivity index (χ4n) is 2.71. The molecule has 1 heterocycles. The quantitative estimate of drug-likeness (QED) is 0.863. The van der Waals surface area contributed by atoms with E-state index in [4.69, 9.17) is 10.5 Å². The van der Waals surface area contributed by atoms with E-state index >= 15 is 0 Å². The van der Waals surface area contributed by atoms with E-state index in [1.165, 1.54) is 19.2 Å². The zero-order chi connectivity index (χ0) is 17.2. The maximum Gasteiger partial charge on any atom is 0.408 e. The number of rotatable bonds is 3. The third-order valence-electron chi connectivity index (χ3n) is 3.89. The minimum Gasteiger partial charge on any atom is -0.494 e. The first-order chi connectivity index (χ1) is 10.7. The first kappa shape index (κ1) is 17.5. The van der Waals surface area contributed by atoms with Gasteiger partial charge in [-0.1, -0.05) is 6.07 Å². The lowest BCUT2D eigenvalue weighted by atomic mass is 9.97. The monoisotopic (exact) mass is 334 g/mol. The van der Waals surface area contributed by atoms with E-state index in [9.17, 15) is 22.4 Å². The number of carbonyl (C=O) groups excluding carboxylic acids is 1. The number of benzene rings is 1. The van der Waals surface area contributed by atoms with Gasteiger partial charge in [-0.05, 0) is 30.5 Å². The Morgan fingerprint density at radius 2 is 2.09 bits per heavy atom. The van der Waals surface area contributed by atoms with Gasteiger partial charge in [-0.2, -0.15) is 13.2 Å². The topological polar surface area (TPSA) is 55.6 Å². The number of nitrogens with zero attached hydrogens (tertiary/aromatic N) is 1. The minimum absolute atomic E-state index is 0.00867. The average Bonchev–Trinajstić information content (AvgIpc) is 2.46. The van der Waals surface area contributed by atoms with Gasteiger partial charge in [-0.3, -0.25) is 4.79 Å². The molecule has 1 aromatic rings. The molecule has 2 N–H and O–H groups in total. The van der Waals surface area contributed by atoms with E-state index in [0.717, 1.165) is 11.0 Å². The number of methoxy groups -OCH3 is 1. The predicted molar refractivity (Wildman–Crippen MR) is 75.4 cm³/mol. The highest BCUT2D eigenvalue weighted by Gasteiger charge is 2.47. The molecule has 0 radical (unpaired) electrons. The largest absolute Gasteiger partial charge is 0.494 e. The number of amides is 1. The number of carbonyl (C=O) groups is 1. The molecule has 23 heavy (non-hydrogen) atoms. The van der Waals surface area contributed by atoms with E-state index in [2.05, 4.69) is 0 Å². The van der Waals surface area contributed by atoms with Gasteiger partial charge < -0.3 is 15.4 Å². The Labute approximate surface area is 131 Å². The van der Waals surface area contributed by atoms with E-state index in [1.54, 1.807) is 0 Å². The molecule has 2 atom stereocenters. The van der Waals surface area contributed by atoms with Crippen molar-refractivity contribution >= 4 is 5.91 Å². The molecule has 1 aromatic carbocycles. The molecule has 1 amide bonds. The number of nitrogens with two attached hydrogens (primary N) is 1. The van der Waals surface area contributed by atoms with Gasteiger partial charge >= 0.3 is 6.18 Å². The van der Waals surface area contributed by atoms with Crippen LogP contribution in [0.15, 0.2) is 18.2 Å². The first-order valence-electron chi connectivity index (χ1n) is 7.16. The molecule has 1 aliphatic rings. The van der Waals surface area contributed by atoms with Crippen molar-refractivity contribution in [2.24, 2.45) is 5.73 Å². The van der Waals surface area contributed by atoms with Crippen LogP contribution in [0, 0.1) is 5.82 Å². The second-order valence-electron chi connectivity index (χ2n) is 5.59. The lowest BCUT2D eigenvalue weighted by Gasteiger charge is -2.39. The third kappa shape index (κ3) is 4.13. The summed E-state index contributed by atoms with van der Waals surface area (Å²) in [5, 5.41) is 0. The Morgan fingerprint density at radius 1 is 1.39 bits per heavy atom. The van der Waals surface area contributed by atoms with Crippen LogP contribution in [0.4, 0.5) is 17.6 Å². The number of hydrogen-bond acceptors (Lipinski definition) is 3. The Kier molecular flexibility index (Phi) is 5.13. The van der Waals surface area contributed by atoms with Gasteiger partial charge in [0.1, 0.15) is 6.04 Å². The predicted octanol–water partition coefficient (Wildman–Crippen LogP) is 2.26. The molecule has 1 aliphatic heterocycles. The van der Waals surface area contributed by atoms with Crippen LogP contribution < -0.4 is 10.5 Å². The lowest BCUT2D eigenvalue weighted by Crippen LogP contribution is -2.57. The molecule has 0 spiro atoms. The Bertz CT molecular complexity index is 577. The summed E-state index contributed by atoms with van der Waals surface area (Å²) in [6.45, 7) is -0.151. The summed E-state index contributed by atoms with van der Waals surface area (Å²) in [5.74, 6) is -1.37. The number of halogens is 4. The van der Waals surface area contributed by atoms with Gasteiger partial charge in [0.15, 0.2) is 11.6 Å². The summed E-state index contributed by atoms with van der Waals surface area (Å²) in [7, 11) is 1.30. The second-order valence-corrected chi connectivity index (χ2v) is 5.59. The molecule has 4 nitrogen and oxygen atoms in total. The zero-order valence-electron chi connectivity index (χ0n) is 12.6. The Balaban J connectivity index is 2.15. The number of piperidine rings is 1. The van der Waals surface area contributed by atoms with Gasteiger partial charge in [0, 0.05) is 12.6 Å². The highest BCUT2D eigenvalue weighted by Crippen LogP contribution is 2.32. The lowest BCUT2D eigenvalue weighted by molar-refractivity contribution is -0.196. The molecule has 128 valence electrons. The zero-order valence-corrected chi connectivity index (χ0v) is 12.6. The van der Waals surface area contributed by atoms with Gasteiger partial charge in [-0.15, -0.1) is 0 Å². The third-order valence-corrected chi connectivity index (χ3v) is 3.89. The number of ether oxygens (including phenoxy) is 1. The maximum atomic E-state index is 13.6. The number of alkyl halides is 3. The second kappa shape index (κ2) is 6.74. The van der Waals surface area contributed by atoms with Crippen molar-refractivity contribution in [3.05, 3.63) is 29.6 Å². The number of hydrogen-bond donors (Lipinski definition) is 1. The van der Waals surface area contributed by atoms with Crippen molar-refractivity contribution in [2.75, 3.05) is 13.7 Å². The standard InChI is InChI=1S/C15H18F4N2O2/c1-23-12-4-2-9(6-11(12)16)7-14(22)21-8-10(20)3-5-13(21)15(17,18)19/h2,4,6,10,13H,3,5,7-8,20H2,1H3/t10-,13-/m0/s1. The van der Waals surface area contributed by atoms with Crippen LogP contribution in [0.5, 0.6) is 5.75 Å². The van der Waals surface area contributed by atoms with Crippen molar-refractivity contribution < 1.29 is 27.1 Å². The van der Waals surface area contributed by atoms with E-state index in [0.29, 0.717) is 0 Å². The van der Waals surface area contributed by atoms with Crippen LogP contribution in [0.25, 0.3) is 0 Å². The molecule has 0 saturated carbocycles. The van der Waals surface area contributed by atoms with Crippen molar-refractivity contribution in [2.45, 2.75) is 37.5 Å². The van der Waals surface area contributed by atoms with E-state index in [1.807, 2.05) is 0 Å². The normalized spacial score (nSPS) is 22.1. The van der Waals surface area contributed by atoms with Crippen LogP contribution in [0.1, 0.15) is 18.4 Å². The number of likely N-dealkylation sites (tertiary alicyclic amines) is 1. The fraction of sp³-hybridized carbons (Fsp3) is 0.533. The first-order valence-corrected chi connectivity index (χ1v) is 7.16. The van der Waals surface area contributed by atoms with Crippen LogP contribution in [0.3, 0.4) is 0 Å². The molecule has 0 bridgehead atoms. The van der Waals surface area contributed by atoms with Gasteiger partial charge in [0.2, 0.25) is 5.91 Å². The molecular weight excluding hydrogens is 316 g/mol. The SMILES string of the molecule is COc1ccc(CC(=O)N2C[C@@H](N)CC[C@H]2C(F)(F)F)cc1F. The van der Waals surface area contributed by atoms with Crippen molar-refractivity contribution in [1.82, 2.24) is 4.90 Å². The molecule has 0 aliphatic carbocycles. The summed E-state index contributed by atoms with van der Waals surface area (Å²) in [5.41, 5.74) is 5.97. The molecule has 0 unspecified atom stereocenters. The molecule has 2 rings (SSSR count). The van der Waals surface area contributed by atoms with Crippen LogP contribution in [-0.4, -0.2) is 42.7 Å². The fourth-order valence-corrected chi connectivity index (χ4v) is 2.71. The summed E-state index contributed by atoms with van der Waals surface area (Å²) >= 11 is 0. The van der Waals surface area contributed by atoms with Crippen molar-refractivity contribution in [3.63, 3.8) is 0 Å². The van der Waals surface area contributed by atoms with Crippen LogP contribution in [-0.2, 0) is 11.2 Å². The van der Waals surface area contributed by atoms with Gasteiger partial charge in [0.05, 0.1) is 13.5 Å². The molecule has 1 fully saturated rings. The molecule has 8 heteroatoms. The Morgan fingerprint density at radius 3 is 2.65 bits per heavy atom. The van der Waals surface area contributed by atoms with Gasteiger partial charge in [-0.25, -0.2) is 4.39 Å². The van der Waals surface area contributed by atoms with Crippen LogP contribution >= 0.6 is 0 Å². The van der Waals surface area contributed by atoms with Gasteiger partial charge in [0.25, 0.3) is 0 Å². The maximum absolute atomic E-state index is 13.6. The summed E-state index contributed by atoms with van der Waals surface area (Å²) in [6, 6.07) is 1.56. The highest BCUT2D eigenvalue weighted by atomic mass is 19.4. The molecular formula is C15H18F4N2O2. The minimum atomic E-state index is -4.50. The summed E-state index contributed by atoms with van der Waals surface area (Å²) < 4.78 is 57.6. The van der Waals surface area contributed by atoms with E-state index in [-0.39, 0.29) is 37.1 Å². The van der Waals surface area contributed by atoms with Crippen LogP contribution in [0.2, 0.25) is 0 Å². The van der Waals surface area contributed by atoms with Crippen molar-refractivity contribution in [1.29, 1.82) is 0 Å². The highest BCUT2D eigenvalue weighted by molar-refractivity contribution is 5.79. The van der Waals surface area contributed by atoms with E-state index < -0.39 is 30.0 Å². The van der Waals surface area contributed by atoms with Crippen molar-refractivity contribution in [3.8, 4) is 5.75 Å². The molecule has 1 saturated heterocycles.